The molecule has 0 saturated heterocycles. The summed E-state index contributed by atoms with van der Waals surface area (Å²) in [6.45, 7) is 5.96. The van der Waals surface area contributed by atoms with Crippen molar-refractivity contribution in [3.8, 4) is 17.1 Å². The Hall–Kier alpha value is -3.54. The number of hydrogen-bond donors (Lipinski definition) is 1. The van der Waals surface area contributed by atoms with Crippen LogP contribution in [0.2, 0.25) is 0 Å². The number of methoxy groups -OCH3 is 1. The second-order valence-corrected chi connectivity index (χ2v) is 8.07. The molecule has 32 heavy (non-hydrogen) atoms. The number of carbonyl (C=O) groups is 2. The molecular weight excluding hydrogens is 404 g/mol. The Morgan fingerprint density at radius 2 is 1.66 bits per heavy atom. The Balaban J connectivity index is 1.51. The molecule has 3 rings (SSSR count). The average Bonchev–Trinajstić information content (AvgIpc) is 3.23. The first-order valence-electron chi connectivity index (χ1n) is 10.6. The molecule has 1 aromatic heterocycles. The number of hydrogen-bond acceptors (Lipinski definition) is 4. The predicted molar refractivity (Wildman–Crippen MR) is 126 cm³/mol. The van der Waals surface area contributed by atoms with Crippen LogP contribution in [0.25, 0.3) is 11.3 Å². The SMILES string of the molecule is COc1ccc(-c2ccc(CCC(=O)N(C)CC(=O)Nc3c(C)cc(C)cc3C)o2)cc1. The third-order valence-electron chi connectivity index (χ3n) is 5.37. The van der Waals surface area contributed by atoms with Gasteiger partial charge in [0.25, 0.3) is 0 Å². The second-order valence-electron chi connectivity index (χ2n) is 8.07. The van der Waals surface area contributed by atoms with E-state index in [0.717, 1.165) is 45.2 Å². The number of benzene rings is 2. The van der Waals surface area contributed by atoms with Crippen molar-refractivity contribution >= 4 is 17.5 Å². The first-order chi connectivity index (χ1) is 15.3. The van der Waals surface area contributed by atoms with E-state index in [1.165, 1.54) is 4.90 Å². The number of nitrogens with one attached hydrogen (secondary N) is 1. The number of amides is 2. The number of rotatable bonds is 8. The number of ether oxygens (including phenoxy) is 1. The summed E-state index contributed by atoms with van der Waals surface area (Å²) in [5.74, 6) is 1.93. The lowest BCUT2D eigenvalue weighted by Crippen LogP contribution is -2.35. The van der Waals surface area contributed by atoms with Gasteiger partial charge in [-0.3, -0.25) is 9.59 Å². The van der Waals surface area contributed by atoms with Gasteiger partial charge in [-0.05, 0) is 68.3 Å². The Labute approximate surface area is 189 Å². The first-order valence-corrected chi connectivity index (χ1v) is 10.6. The van der Waals surface area contributed by atoms with E-state index in [9.17, 15) is 9.59 Å². The Kier molecular flexibility index (Phi) is 7.36. The molecular formula is C26H30N2O4. The molecule has 0 fully saturated rings. The van der Waals surface area contributed by atoms with Gasteiger partial charge in [0, 0.05) is 31.1 Å². The van der Waals surface area contributed by atoms with Crippen molar-refractivity contribution < 1.29 is 18.7 Å². The van der Waals surface area contributed by atoms with Gasteiger partial charge >= 0.3 is 0 Å². The fraction of sp³-hybridized carbons (Fsp3) is 0.308. The van der Waals surface area contributed by atoms with E-state index in [2.05, 4.69) is 5.32 Å². The number of furan rings is 1. The topological polar surface area (TPSA) is 71.8 Å². The number of nitrogens with zero attached hydrogens (tertiary/aromatic N) is 1. The van der Waals surface area contributed by atoms with Crippen LogP contribution in [0.4, 0.5) is 5.69 Å². The van der Waals surface area contributed by atoms with Gasteiger partial charge in [-0.25, -0.2) is 0 Å². The van der Waals surface area contributed by atoms with Gasteiger partial charge < -0.3 is 19.4 Å². The highest BCUT2D eigenvalue weighted by Gasteiger charge is 2.16. The molecule has 0 saturated carbocycles. The van der Waals surface area contributed by atoms with Crippen molar-refractivity contribution in [1.82, 2.24) is 4.90 Å². The molecule has 0 aliphatic heterocycles. The molecule has 168 valence electrons. The summed E-state index contributed by atoms with van der Waals surface area (Å²) in [5.41, 5.74) is 4.92. The zero-order valence-electron chi connectivity index (χ0n) is 19.3. The van der Waals surface area contributed by atoms with Gasteiger partial charge in [-0.2, -0.15) is 0 Å². The lowest BCUT2D eigenvalue weighted by atomic mass is 10.1. The zero-order valence-corrected chi connectivity index (χ0v) is 19.3. The van der Waals surface area contributed by atoms with Crippen LogP contribution in [-0.2, 0) is 16.0 Å². The van der Waals surface area contributed by atoms with Crippen molar-refractivity contribution in [3.63, 3.8) is 0 Å². The molecule has 0 aliphatic carbocycles. The van der Waals surface area contributed by atoms with Crippen molar-refractivity contribution in [3.05, 3.63) is 71.0 Å². The molecule has 0 bridgehead atoms. The van der Waals surface area contributed by atoms with Crippen LogP contribution in [-0.4, -0.2) is 37.4 Å². The van der Waals surface area contributed by atoms with Gasteiger partial charge in [0.2, 0.25) is 11.8 Å². The Bertz CT molecular complexity index is 1080. The maximum atomic E-state index is 12.5. The van der Waals surface area contributed by atoms with Gasteiger partial charge in [-0.1, -0.05) is 17.7 Å². The van der Waals surface area contributed by atoms with Crippen LogP contribution >= 0.6 is 0 Å². The second kappa shape index (κ2) is 10.2. The van der Waals surface area contributed by atoms with Crippen LogP contribution in [0.3, 0.4) is 0 Å². The van der Waals surface area contributed by atoms with Gasteiger partial charge in [0.1, 0.15) is 17.3 Å². The number of anilines is 1. The number of likely N-dealkylation sites (N-methyl/N-ethyl adjacent to an activating group) is 1. The van der Waals surface area contributed by atoms with E-state index in [1.54, 1.807) is 14.2 Å². The molecule has 1 N–H and O–H groups in total. The van der Waals surface area contributed by atoms with Crippen molar-refractivity contribution in [1.29, 1.82) is 0 Å². The number of carbonyl (C=O) groups excluding carboxylic acids is 2. The molecule has 0 radical (unpaired) electrons. The van der Waals surface area contributed by atoms with Crippen molar-refractivity contribution in [2.24, 2.45) is 0 Å². The molecule has 6 nitrogen and oxygen atoms in total. The van der Waals surface area contributed by atoms with Crippen LogP contribution in [0.15, 0.2) is 52.9 Å². The molecule has 0 unspecified atom stereocenters. The van der Waals surface area contributed by atoms with Crippen LogP contribution in [0.5, 0.6) is 5.75 Å². The maximum Gasteiger partial charge on any atom is 0.243 e. The van der Waals surface area contributed by atoms with E-state index < -0.39 is 0 Å². The minimum atomic E-state index is -0.212. The third kappa shape index (κ3) is 5.78. The maximum absolute atomic E-state index is 12.5. The predicted octanol–water partition coefficient (Wildman–Crippen LogP) is 4.91. The summed E-state index contributed by atoms with van der Waals surface area (Å²) in [6.07, 6.45) is 0.735. The molecule has 0 aliphatic rings. The van der Waals surface area contributed by atoms with Crippen molar-refractivity contribution in [2.45, 2.75) is 33.6 Å². The number of aryl methyl sites for hydroxylation is 4. The summed E-state index contributed by atoms with van der Waals surface area (Å²) in [5, 5.41) is 2.93. The van der Waals surface area contributed by atoms with Gasteiger partial charge in [-0.15, -0.1) is 0 Å². The fourth-order valence-corrected chi connectivity index (χ4v) is 3.70. The smallest absolute Gasteiger partial charge is 0.243 e. The Morgan fingerprint density at radius 1 is 1.00 bits per heavy atom. The summed E-state index contributed by atoms with van der Waals surface area (Å²) in [7, 11) is 3.27. The molecule has 0 atom stereocenters. The summed E-state index contributed by atoms with van der Waals surface area (Å²) in [6, 6.07) is 15.4. The highest BCUT2D eigenvalue weighted by Crippen LogP contribution is 2.25. The molecule has 1 heterocycles. The third-order valence-corrected chi connectivity index (χ3v) is 5.37. The molecule has 6 heteroatoms. The molecule has 2 aromatic carbocycles. The van der Waals surface area contributed by atoms with Gasteiger partial charge in [0.05, 0.1) is 13.7 Å². The largest absolute Gasteiger partial charge is 0.497 e. The molecule has 2 amide bonds. The normalized spacial score (nSPS) is 10.7. The van der Waals surface area contributed by atoms with Crippen LogP contribution in [0.1, 0.15) is 28.9 Å². The summed E-state index contributed by atoms with van der Waals surface area (Å²) >= 11 is 0. The lowest BCUT2D eigenvalue weighted by Gasteiger charge is -2.18. The first kappa shape index (κ1) is 23.1. The quantitative estimate of drug-likeness (QED) is 0.547. The van der Waals surface area contributed by atoms with E-state index in [-0.39, 0.29) is 24.8 Å². The minimum Gasteiger partial charge on any atom is -0.497 e. The van der Waals surface area contributed by atoms with E-state index in [1.807, 2.05) is 69.3 Å². The standard InChI is InChI=1S/C26H30N2O4/c1-17-14-18(2)26(19(3)15-17)27-24(29)16-28(4)25(30)13-11-22-10-12-23(32-22)20-6-8-21(31-5)9-7-20/h6-10,12,14-15H,11,13,16H2,1-5H3,(H,27,29). The van der Waals surface area contributed by atoms with Gasteiger partial charge in [0.15, 0.2) is 0 Å². The van der Waals surface area contributed by atoms with E-state index in [4.69, 9.17) is 9.15 Å². The fourth-order valence-electron chi connectivity index (χ4n) is 3.70. The van der Waals surface area contributed by atoms with Crippen LogP contribution in [0, 0.1) is 20.8 Å². The highest BCUT2D eigenvalue weighted by atomic mass is 16.5. The summed E-state index contributed by atoms with van der Waals surface area (Å²) in [4.78, 5) is 26.4. The average molecular weight is 435 g/mol. The molecule has 0 spiro atoms. The monoisotopic (exact) mass is 434 g/mol. The highest BCUT2D eigenvalue weighted by molar-refractivity contribution is 5.95. The lowest BCUT2D eigenvalue weighted by molar-refractivity contribution is -0.133. The van der Waals surface area contributed by atoms with E-state index >= 15 is 0 Å². The van der Waals surface area contributed by atoms with Crippen LogP contribution < -0.4 is 10.1 Å². The minimum absolute atomic E-state index is 0.000836. The zero-order chi connectivity index (χ0) is 23.3. The van der Waals surface area contributed by atoms with E-state index in [0.29, 0.717) is 6.42 Å². The summed E-state index contributed by atoms with van der Waals surface area (Å²) < 4.78 is 11.1. The van der Waals surface area contributed by atoms with Crippen molar-refractivity contribution in [2.75, 3.05) is 26.0 Å². The molecule has 3 aromatic rings. The Morgan fingerprint density at radius 3 is 2.28 bits per heavy atom.